The van der Waals surface area contributed by atoms with Gasteiger partial charge in [0.15, 0.2) is 0 Å². The molecule has 3 atom stereocenters. The fraction of sp³-hybridized carbons (Fsp3) is 0.667. The Balaban J connectivity index is 1.34. The predicted octanol–water partition coefficient (Wildman–Crippen LogP) is 3.41. The highest BCUT2D eigenvalue weighted by molar-refractivity contribution is 5.95. The van der Waals surface area contributed by atoms with Crippen LogP contribution >= 0.6 is 0 Å². The van der Waals surface area contributed by atoms with Gasteiger partial charge in [-0.1, -0.05) is 12.8 Å². The van der Waals surface area contributed by atoms with Gasteiger partial charge < -0.3 is 20.1 Å². The molecule has 4 rings (SSSR count). The van der Waals surface area contributed by atoms with Crippen molar-refractivity contribution in [1.29, 1.82) is 0 Å². The van der Waals surface area contributed by atoms with E-state index >= 15 is 0 Å². The Kier molecular flexibility index (Phi) is 5.46. The average molecular weight is 358 g/mol. The molecule has 142 valence electrons. The van der Waals surface area contributed by atoms with Crippen molar-refractivity contribution in [2.75, 3.05) is 18.5 Å². The molecule has 0 spiro atoms. The molecule has 1 aromatic rings. The minimum atomic E-state index is -0.0541. The van der Waals surface area contributed by atoms with Crippen molar-refractivity contribution in [3.63, 3.8) is 0 Å². The summed E-state index contributed by atoms with van der Waals surface area (Å²) in [5, 5.41) is 6.63. The number of carbonyl (C=O) groups is 1. The van der Waals surface area contributed by atoms with E-state index in [9.17, 15) is 4.79 Å². The van der Waals surface area contributed by atoms with E-state index in [1.165, 1.54) is 25.7 Å². The lowest BCUT2D eigenvalue weighted by Crippen LogP contribution is -2.39. The maximum Gasteiger partial charge on any atom is 0.241 e. The third kappa shape index (κ3) is 4.04. The van der Waals surface area contributed by atoms with Crippen molar-refractivity contribution in [2.45, 2.75) is 70.1 Å². The summed E-state index contributed by atoms with van der Waals surface area (Å²) < 4.78 is 11.5. The highest BCUT2D eigenvalue weighted by Crippen LogP contribution is 2.33. The number of hydrogen-bond acceptors (Lipinski definition) is 4. The van der Waals surface area contributed by atoms with Crippen molar-refractivity contribution in [3.8, 4) is 5.75 Å². The minimum Gasteiger partial charge on any atom is -0.490 e. The smallest absolute Gasteiger partial charge is 0.241 e. The summed E-state index contributed by atoms with van der Waals surface area (Å²) in [4.78, 5) is 12.7. The fourth-order valence-corrected chi connectivity index (χ4v) is 4.58. The lowest BCUT2D eigenvalue weighted by atomic mass is 9.85. The molecule has 3 unspecified atom stereocenters. The van der Waals surface area contributed by atoms with Gasteiger partial charge >= 0.3 is 0 Å². The topological polar surface area (TPSA) is 59.6 Å². The molecule has 2 N–H and O–H groups in total. The number of hydrogen-bond donors (Lipinski definition) is 2. The SMILES string of the molecule is Cc1cc(NC(=O)C2CC3CCCCC3N2)ccc1OC1CCOCC1. The molecule has 26 heavy (non-hydrogen) atoms. The molecule has 1 aliphatic carbocycles. The number of carbonyl (C=O) groups excluding carboxylic acids is 1. The van der Waals surface area contributed by atoms with Crippen molar-refractivity contribution >= 4 is 11.6 Å². The highest BCUT2D eigenvalue weighted by Gasteiger charge is 2.38. The second kappa shape index (κ2) is 7.97. The first-order valence-electron chi connectivity index (χ1n) is 10.1. The molecule has 2 aliphatic heterocycles. The van der Waals surface area contributed by atoms with Crippen molar-refractivity contribution in [1.82, 2.24) is 5.32 Å². The van der Waals surface area contributed by atoms with Crippen LogP contribution < -0.4 is 15.4 Å². The van der Waals surface area contributed by atoms with E-state index in [2.05, 4.69) is 10.6 Å². The predicted molar refractivity (Wildman–Crippen MR) is 102 cm³/mol. The van der Waals surface area contributed by atoms with Crippen LogP contribution in [0.3, 0.4) is 0 Å². The van der Waals surface area contributed by atoms with Crippen molar-refractivity contribution in [2.24, 2.45) is 5.92 Å². The van der Waals surface area contributed by atoms with Gasteiger partial charge in [-0.25, -0.2) is 0 Å². The number of benzene rings is 1. The Morgan fingerprint density at radius 1 is 1.19 bits per heavy atom. The molecular formula is C21H30N2O3. The van der Waals surface area contributed by atoms with Crippen LogP contribution in [0.25, 0.3) is 0 Å². The second-order valence-electron chi connectivity index (χ2n) is 8.01. The Morgan fingerprint density at radius 3 is 2.77 bits per heavy atom. The summed E-state index contributed by atoms with van der Waals surface area (Å²) in [5.74, 6) is 1.67. The van der Waals surface area contributed by atoms with Gasteiger partial charge in [-0.2, -0.15) is 0 Å². The number of aryl methyl sites for hydroxylation is 1. The summed E-state index contributed by atoms with van der Waals surface area (Å²) in [6.45, 7) is 3.58. The standard InChI is InChI=1S/C21H30N2O3/c1-14-12-16(6-7-20(14)26-17-8-10-25-11-9-17)22-21(24)19-13-15-4-2-3-5-18(15)23-19/h6-7,12,15,17-19,23H,2-5,8-11,13H2,1H3,(H,22,24). The molecule has 1 amide bonds. The third-order valence-corrected chi connectivity index (χ3v) is 6.08. The Labute approximate surface area is 155 Å². The first-order valence-corrected chi connectivity index (χ1v) is 10.1. The van der Waals surface area contributed by atoms with Gasteiger partial charge in [0.05, 0.1) is 19.3 Å². The van der Waals surface area contributed by atoms with E-state index < -0.39 is 0 Å². The summed E-state index contributed by atoms with van der Waals surface area (Å²) in [6.07, 6.45) is 8.15. The summed E-state index contributed by atoms with van der Waals surface area (Å²) in [5.41, 5.74) is 1.91. The quantitative estimate of drug-likeness (QED) is 0.866. The molecule has 0 bridgehead atoms. The average Bonchev–Trinajstić information content (AvgIpc) is 3.09. The number of amides is 1. The van der Waals surface area contributed by atoms with Gasteiger partial charge in [0.25, 0.3) is 0 Å². The first kappa shape index (κ1) is 17.8. The van der Waals surface area contributed by atoms with Gasteiger partial charge in [0, 0.05) is 24.6 Å². The molecule has 3 aliphatic rings. The van der Waals surface area contributed by atoms with Crippen LogP contribution in [-0.4, -0.2) is 37.3 Å². The first-order chi connectivity index (χ1) is 12.7. The van der Waals surface area contributed by atoms with Crippen LogP contribution in [0.15, 0.2) is 18.2 Å². The van der Waals surface area contributed by atoms with Crippen molar-refractivity contribution in [3.05, 3.63) is 23.8 Å². The monoisotopic (exact) mass is 358 g/mol. The normalized spacial score (nSPS) is 29.2. The summed E-state index contributed by atoms with van der Waals surface area (Å²) in [6, 6.07) is 6.41. The largest absolute Gasteiger partial charge is 0.490 e. The zero-order chi connectivity index (χ0) is 17.9. The highest BCUT2D eigenvalue weighted by atomic mass is 16.5. The molecule has 0 aromatic heterocycles. The van der Waals surface area contributed by atoms with Gasteiger partial charge in [0.1, 0.15) is 11.9 Å². The van der Waals surface area contributed by atoms with Crippen LogP contribution in [0.4, 0.5) is 5.69 Å². The third-order valence-electron chi connectivity index (χ3n) is 6.08. The maximum atomic E-state index is 12.7. The van der Waals surface area contributed by atoms with Gasteiger partial charge in [-0.05, 0) is 55.9 Å². The molecule has 0 radical (unpaired) electrons. The zero-order valence-electron chi connectivity index (χ0n) is 15.6. The van der Waals surface area contributed by atoms with E-state index in [1.807, 2.05) is 25.1 Å². The van der Waals surface area contributed by atoms with Crippen LogP contribution in [0, 0.1) is 12.8 Å². The van der Waals surface area contributed by atoms with Gasteiger partial charge in [-0.15, -0.1) is 0 Å². The lowest BCUT2D eigenvalue weighted by molar-refractivity contribution is -0.117. The van der Waals surface area contributed by atoms with E-state index in [1.54, 1.807) is 0 Å². The number of ether oxygens (including phenoxy) is 2. The van der Waals surface area contributed by atoms with Crippen LogP contribution in [-0.2, 0) is 9.53 Å². The number of anilines is 1. The molecule has 5 nitrogen and oxygen atoms in total. The van der Waals surface area contributed by atoms with E-state index in [-0.39, 0.29) is 18.1 Å². The van der Waals surface area contributed by atoms with E-state index in [0.29, 0.717) is 12.0 Å². The van der Waals surface area contributed by atoms with Crippen LogP contribution in [0.5, 0.6) is 5.75 Å². The minimum absolute atomic E-state index is 0.0541. The zero-order valence-corrected chi connectivity index (χ0v) is 15.6. The van der Waals surface area contributed by atoms with Gasteiger partial charge in [-0.3, -0.25) is 4.79 Å². The molecular weight excluding hydrogens is 328 g/mol. The lowest BCUT2D eigenvalue weighted by Gasteiger charge is -2.24. The number of rotatable bonds is 4. The fourth-order valence-electron chi connectivity index (χ4n) is 4.58. The second-order valence-corrected chi connectivity index (χ2v) is 8.01. The molecule has 2 saturated heterocycles. The van der Waals surface area contributed by atoms with Crippen LogP contribution in [0.2, 0.25) is 0 Å². The summed E-state index contributed by atoms with van der Waals surface area (Å²) in [7, 11) is 0. The molecule has 2 heterocycles. The molecule has 1 saturated carbocycles. The summed E-state index contributed by atoms with van der Waals surface area (Å²) >= 11 is 0. The Hall–Kier alpha value is -1.59. The Bertz CT molecular complexity index is 628. The maximum absolute atomic E-state index is 12.7. The number of nitrogens with one attached hydrogen (secondary N) is 2. The molecule has 5 heteroatoms. The van der Waals surface area contributed by atoms with E-state index in [4.69, 9.17) is 9.47 Å². The van der Waals surface area contributed by atoms with Crippen LogP contribution in [0.1, 0.15) is 50.5 Å². The van der Waals surface area contributed by atoms with Crippen molar-refractivity contribution < 1.29 is 14.3 Å². The number of fused-ring (bicyclic) bond motifs is 1. The molecule has 1 aromatic carbocycles. The molecule has 3 fully saturated rings. The van der Waals surface area contributed by atoms with E-state index in [0.717, 1.165) is 49.5 Å². The Morgan fingerprint density at radius 2 is 2.00 bits per heavy atom. The van der Waals surface area contributed by atoms with Gasteiger partial charge in [0.2, 0.25) is 5.91 Å².